The third-order valence-electron chi connectivity index (χ3n) is 0. The second-order valence-corrected chi connectivity index (χ2v) is 0. The Kier molecular flexibility index (Phi) is 425. The fourth-order valence-electron chi connectivity index (χ4n) is 0. The molecule has 0 bridgehead atoms. The minimum atomic E-state index is 0. The van der Waals surface area contributed by atoms with Gasteiger partial charge >= 0.3 is 39.1 Å². The first-order valence-corrected chi connectivity index (χ1v) is 0. The zero-order valence-electron chi connectivity index (χ0n) is 2.21. The summed E-state index contributed by atoms with van der Waals surface area (Å²) in [5.74, 6) is 0. The largest absolute Gasteiger partial charge is 4.00 e. The molecular formula is AlCl3Ti+4. The summed E-state index contributed by atoms with van der Waals surface area (Å²) >= 11 is 0. The van der Waals surface area contributed by atoms with Gasteiger partial charge in [-0.1, -0.05) is 0 Å². The van der Waals surface area contributed by atoms with Gasteiger partial charge in [0.05, 0.1) is 0 Å². The van der Waals surface area contributed by atoms with Crippen LogP contribution in [0.25, 0.3) is 0 Å². The molecule has 0 amide bonds. The zero-order valence-corrected chi connectivity index (χ0v) is 7.20. The van der Waals surface area contributed by atoms with E-state index in [0.717, 1.165) is 0 Å². The van der Waals surface area contributed by atoms with Gasteiger partial charge in [0, 0.05) is 0 Å². The van der Waals surface area contributed by atoms with Crippen LogP contribution in [0.5, 0.6) is 0 Å². The Morgan fingerprint density at radius 1 is 0.600 bits per heavy atom. The van der Waals surface area contributed by atoms with E-state index < -0.39 is 0 Å². The van der Waals surface area contributed by atoms with Gasteiger partial charge in [-0.25, -0.2) is 0 Å². The second kappa shape index (κ2) is 35.7. The van der Waals surface area contributed by atoms with Crippen molar-refractivity contribution >= 4 is 17.4 Å². The fourth-order valence-corrected chi connectivity index (χ4v) is 0. The summed E-state index contributed by atoms with van der Waals surface area (Å²) in [4.78, 5) is 0. The van der Waals surface area contributed by atoms with Gasteiger partial charge in [0.2, 0.25) is 0 Å². The summed E-state index contributed by atoms with van der Waals surface area (Å²) in [6, 6.07) is 0. The minimum Gasteiger partial charge on any atom is -1.00 e. The molecule has 5 heavy (non-hydrogen) atoms. The molecule has 0 spiro atoms. The zero-order chi connectivity index (χ0) is 0. The summed E-state index contributed by atoms with van der Waals surface area (Å²) < 4.78 is 0. The van der Waals surface area contributed by atoms with Crippen LogP contribution in [0.3, 0.4) is 0 Å². The smallest absolute Gasteiger partial charge is 1.00 e. The molecule has 0 aromatic heterocycles. The molecule has 5 heteroatoms. The summed E-state index contributed by atoms with van der Waals surface area (Å²) in [7, 11) is 0. The molecule has 0 saturated heterocycles. The van der Waals surface area contributed by atoms with E-state index >= 15 is 0 Å². The first kappa shape index (κ1) is 59.4. The Hall–Kier alpha value is 2.12. The van der Waals surface area contributed by atoms with Gasteiger partial charge in [0.15, 0.2) is 0 Å². The molecular weight excluding hydrogens is 181 g/mol. The molecule has 0 aromatic carbocycles. The molecule has 0 radical (unpaired) electrons. The van der Waals surface area contributed by atoms with Crippen LogP contribution in [0.4, 0.5) is 0 Å². The van der Waals surface area contributed by atoms with Crippen LogP contribution in [0.2, 0.25) is 0 Å². The van der Waals surface area contributed by atoms with Gasteiger partial charge in [0.25, 0.3) is 0 Å². The molecule has 0 aromatic rings. The fraction of sp³-hybridized carbons (Fsp3) is 0. The molecule has 0 atom stereocenters. The minimum absolute atomic E-state index is 0. The summed E-state index contributed by atoms with van der Waals surface area (Å²) in [5, 5.41) is 0. The standard InChI is InChI=1S/Al.3ClH.Ti/h;3*1H;/q+3;;;;+4/p-3. The molecule has 0 aliphatic heterocycles. The third-order valence-corrected chi connectivity index (χ3v) is 0. The van der Waals surface area contributed by atoms with Crippen LogP contribution >= 0.6 is 0 Å². The third kappa shape index (κ3) is 23.1. The quantitative estimate of drug-likeness (QED) is 0.326. The van der Waals surface area contributed by atoms with Crippen molar-refractivity contribution in [3.63, 3.8) is 0 Å². The maximum Gasteiger partial charge on any atom is 4.00 e. The molecule has 0 aliphatic rings. The van der Waals surface area contributed by atoms with Crippen LogP contribution in [0.15, 0.2) is 0 Å². The second-order valence-electron chi connectivity index (χ2n) is 0. The molecule has 0 saturated carbocycles. The van der Waals surface area contributed by atoms with Crippen molar-refractivity contribution in [1.82, 2.24) is 0 Å². The molecule has 0 unspecified atom stereocenters. The van der Waals surface area contributed by atoms with E-state index in [2.05, 4.69) is 0 Å². The molecule has 0 nitrogen and oxygen atoms in total. The SMILES string of the molecule is [Al+3].[Cl-].[Cl-].[Cl-].[Ti+4]. The molecule has 0 aliphatic carbocycles. The normalized spacial score (nSPS) is 0. The number of hydrogen-bond acceptors (Lipinski definition) is 0. The topological polar surface area (TPSA) is 0 Å². The number of hydrogen-bond donors (Lipinski definition) is 0. The van der Waals surface area contributed by atoms with Crippen molar-refractivity contribution < 1.29 is 58.9 Å². The molecule has 0 N–H and O–H groups in total. The van der Waals surface area contributed by atoms with Crippen molar-refractivity contribution in [3.05, 3.63) is 0 Å². The Bertz CT molecular complexity index is 6.85. The molecule has 0 rings (SSSR count). The summed E-state index contributed by atoms with van der Waals surface area (Å²) in [6.07, 6.45) is 0. The Morgan fingerprint density at radius 2 is 0.600 bits per heavy atom. The average molecular weight is 181 g/mol. The van der Waals surface area contributed by atoms with Gasteiger partial charge in [-0.2, -0.15) is 0 Å². The van der Waals surface area contributed by atoms with Gasteiger partial charge < -0.3 is 37.2 Å². The van der Waals surface area contributed by atoms with E-state index in [1.165, 1.54) is 0 Å². The van der Waals surface area contributed by atoms with Crippen LogP contribution in [-0.2, 0) is 21.7 Å². The van der Waals surface area contributed by atoms with Crippen LogP contribution in [0, 0.1) is 0 Å². The van der Waals surface area contributed by atoms with Gasteiger partial charge in [-0.15, -0.1) is 0 Å². The maximum atomic E-state index is 0. The van der Waals surface area contributed by atoms with E-state index in [1.807, 2.05) is 0 Å². The number of rotatable bonds is 0. The number of halogens is 3. The summed E-state index contributed by atoms with van der Waals surface area (Å²) in [6.45, 7) is 0. The van der Waals surface area contributed by atoms with Crippen molar-refractivity contribution in [2.45, 2.75) is 0 Å². The summed E-state index contributed by atoms with van der Waals surface area (Å²) in [5.41, 5.74) is 0. The van der Waals surface area contributed by atoms with Crippen molar-refractivity contribution in [3.8, 4) is 0 Å². The van der Waals surface area contributed by atoms with Crippen LogP contribution < -0.4 is 37.2 Å². The monoisotopic (exact) mass is 180 g/mol. The van der Waals surface area contributed by atoms with E-state index in [-0.39, 0.29) is 76.3 Å². The van der Waals surface area contributed by atoms with E-state index in [9.17, 15) is 0 Å². The Labute approximate surface area is 75.7 Å². The van der Waals surface area contributed by atoms with E-state index in [0.29, 0.717) is 0 Å². The predicted molar refractivity (Wildman–Crippen MR) is 5.75 cm³/mol. The van der Waals surface area contributed by atoms with Crippen molar-refractivity contribution in [1.29, 1.82) is 0 Å². The van der Waals surface area contributed by atoms with Crippen molar-refractivity contribution in [2.75, 3.05) is 0 Å². The van der Waals surface area contributed by atoms with Crippen molar-refractivity contribution in [2.24, 2.45) is 0 Å². The van der Waals surface area contributed by atoms with E-state index in [4.69, 9.17) is 0 Å². The molecule has 0 heterocycles. The van der Waals surface area contributed by atoms with Gasteiger partial charge in [0.1, 0.15) is 0 Å². The Morgan fingerprint density at radius 3 is 0.600 bits per heavy atom. The molecule has 0 fully saturated rings. The predicted octanol–water partition coefficient (Wildman–Crippen LogP) is -9.37. The Balaban J connectivity index is 0. The van der Waals surface area contributed by atoms with Gasteiger partial charge in [-0.05, 0) is 0 Å². The molecule has 24 valence electrons. The maximum absolute atomic E-state index is 0. The van der Waals surface area contributed by atoms with E-state index in [1.54, 1.807) is 0 Å². The van der Waals surface area contributed by atoms with Gasteiger partial charge in [-0.3, -0.25) is 0 Å². The van der Waals surface area contributed by atoms with Crippen LogP contribution in [0.1, 0.15) is 0 Å². The first-order chi connectivity index (χ1) is 0. The average Bonchev–Trinajstić information content (AvgIpc) is 0. The van der Waals surface area contributed by atoms with Crippen LogP contribution in [-0.4, -0.2) is 17.4 Å². The first-order valence-electron chi connectivity index (χ1n) is 0.